The highest BCUT2D eigenvalue weighted by Gasteiger charge is 2.39. The van der Waals surface area contributed by atoms with Gasteiger partial charge in [-0.1, -0.05) is 0 Å². The van der Waals surface area contributed by atoms with Crippen molar-refractivity contribution in [2.75, 3.05) is 80.8 Å². The van der Waals surface area contributed by atoms with E-state index in [4.69, 9.17) is 31.3 Å². The lowest BCUT2D eigenvalue weighted by atomic mass is 10.1. The summed E-state index contributed by atoms with van der Waals surface area (Å²) in [6.07, 6.45) is -5.10. The molecular weight excluding hydrogens is 1380 g/mol. The van der Waals surface area contributed by atoms with Crippen molar-refractivity contribution in [2.24, 2.45) is 21.1 Å². The second-order valence-corrected chi connectivity index (χ2v) is 23.9. The molecule has 0 spiro atoms. The molecule has 6 aromatic carbocycles. The number of benzene rings is 6. The van der Waals surface area contributed by atoms with E-state index >= 15 is 0 Å². The molecule has 0 unspecified atom stereocenters. The third kappa shape index (κ3) is 14.8. The molecule has 0 saturated heterocycles. The molecule has 3 aliphatic heterocycles. The first-order valence-corrected chi connectivity index (χ1v) is 31.8. The van der Waals surface area contributed by atoms with Gasteiger partial charge in [0.2, 0.25) is 17.8 Å². The minimum absolute atomic E-state index is 0.0486. The molecule has 15 rings (SSSR count). The van der Waals surface area contributed by atoms with Gasteiger partial charge in [0, 0.05) is 84.9 Å². The number of aryl methyl sites for hydroxylation is 5. The fraction of sp³-hybridized carbons (Fsp3) is 0.236. The van der Waals surface area contributed by atoms with E-state index in [0.717, 1.165) is 44.6 Å². The van der Waals surface area contributed by atoms with Gasteiger partial charge < -0.3 is 38.7 Å². The number of fused-ring (bicyclic) bond motifs is 6. The van der Waals surface area contributed by atoms with E-state index in [2.05, 4.69) is 50.6 Å². The fourth-order valence-electron chi connectivity index (χ4n) is 11.8. The van der Waals surface area contributed by atoms with E-state index in [1.165, 1.54) is 116 Å². The Morgan fingerprint density at radius 2 is 0.914 bits per heavy atom. The van der Waals surface area contributed by atoms with Crippen LogP contribution in [0.2, 0.25) is 0 Å². The number of hydrogen-bond donors (Lipinski definition) is 2. The molecule has 0 radical (unpaired) electrons. The van der Waals surface area contributed by atoms with Crippen LogP contribution >= 0.6 is 0 Å². The van der Waals surface area contributed by atoms with Gasteiger partial charge >= 0.3 is 24.3 Å². The zero-order valence-corrected chi connectivity index (χ0v) is 56.0. The van der Waals surface area contributed by atoms with E-state index in [1.807, 2.05) is 73.6 Å². The average Bonchev–Trinajstić information content (AvgIpc) is 1.08. The molecule has 0 saturated carbocycles. The Morgan fingerprint density at radius 1 is 0.495 bits per heavy atom. The van der Waals surface area contributed by atoms with Crippen molar-refractivity contribution in [3.8, 4) is 23.1 Å². The molecule has 9 heterocycles. The summed E-state index contributed by atoms with van der Waals surface area (Å²) >= 11 is 0. The van der Waals surface area contributed by atoms with Crippen LogP contribution in [0.3, 0.4) is 0 Å². The standard InChI is InChI=1S/C25H23F2N5O3.C24H22F3N7O2.C23H21F2N7O2/c1-15-28-20-10-7-18(12-21(20)30(15)2)31-13-16-4-11-23(35-14-22(26)27)29-24(16)32(25(31)33)17-5-8-19(34-3)9-6-17;1-14-30-19-9-6-17(10-20(19)32(14)2)33-12-15-11-28-22(29-13-24(25,26)27)31-21(15)34(23(33)35)16-4-7-18(36-3)8-5-16;1-30-12-14-9-17(5-8-19(14)29-30)31-13-15-10-26-22(27-11-20(24)25)28-21(15)32(23(31)33)16-3-6-18(34-2)7-4-16/h4-12,22H,13-14H2,1-3H3;4-11H,12-13H2,1-3H3,(H,28,29,31);3-10,12,20H,11,13H2,1-2H3,(H,26,27,28)/i2*3D3;2D3. The summed E-state index contributed by atoms with van der Waals surface area (Å²) < 4.78 is 180. The van der Waals surface area contributed by atoms with Crippen molar-refractivity contribution in [1.29, 1.82) is 0 Å². The third-order valence-electron chi connectivity index (χ3n) is 17.1. The Hall–Kier alpha value is -12.8. The lowest BCUT2D eigenvalue weighted by Crippen LogP contribution is -2.45. The second kappa shape index (κ2) is 29.3. The molecule has 6 amide bonds. The number of anilines is 11. The monoisotopic (exact) mass is 1450 g/mol. The topological polar surface area (TPSA) is 250 Å². The highest BCUT2D eigenvalue weighted by molar-refractivity contribution is 6.13. The summed E-state index contributed by atoms with van der Waals surface area (Å²) in [5.74, 6) is 1.99. The van der Waals surface area contributed by atoms with Crippen molar-refractivity contribution >= 4 is 115 Å². The summed E-state index contributed by atoms with van der Waals surface area (Å²) in [5, 5.41) is 9.81. The summed E-state index contributed by atoms with van der Waals surface area (Å²) in [5.41, 5.74) is 8.54. The number of rotatable bonds is 17. The molecule has 540 valence electrons. The minimum Gasteiger partial charge on any atom is -0.497 e. The number of carbonyl (C=O) groups is 3. The number of hydrogen-bond acceptors (Lipinski definition) is 17. The zero-order valence-electron chi connectivity index (χ0n) is 65.0. The first-order chi connectivity index (χ1) is 53.9. The van der Waals surface area contributed by atoms with Crippen molar-refractivity contribution < 1.29 is 76.4 Å². The Kier molecular flexibility index (Phi) is 16.7. The van der Waals surface area contributed by atoms with Gasteiger partial charge in [-0.2, -0.15) is 33.2 Å². The predicted octanol–water partition coefficient (Wildman–Crippen LogP) is 14.5. The summed E-state index contributed by atoms with van der Waals surface area (Å²) in [6.45, 7) is 1.31. The van der Waals surface area contributed by atoms with Crippen molar-refractivity contribution in [1.82, 2.24) is 53.8 Å². The average molecular weight is 1450 g/mol. The quantitative estimate of drug-likeness (QED) is 0.0804. The number of urea groups is 3. The van der Waals surface area contributed by atoms with E-state index in [1.54, 1.807) is 47.0 Å². The van der Waals surface area contributed by atoms with E-state index in [9.17, 15) is 45.1 Å². The van der Waals surface area contributed by atoms with E-state index < -0.39 is 77.9 Å². The van der Waals surface area contributed by atoms with Crippen molar-refractivity contribution in [2.45, 2.75) is 52.5 Å². The molecule has 26 nitrogen and oxygen atoms in total. The smallest absolute Gasteiger partial charge is 0.405 e. The number of ether oxygens (including phenoxy) is 4. The zero-order chi connectivity index (χ0) is 81.6. The molecule has 12 aromatic rings. The molecule has 0 atom stereocenters. The number of aromatic nitrogens is 11. The van der Waals surface area contributed by atoms with Gasteiger partial charge in [0.1, 0.15) is 41.3 Å². The van der Waals surface area contributed by atoms with Crippen LogP contribution in [0.15, 0.2) is 158 Å². The number of methoxy groups -OCH3 is 3. The number of amides is 6. The molecule has 0 aliphatic carbocycles. The van der Waals surface area contributed by atoms with Crippen LogP contribution in [0.4, 0.5) is 109 Å². The molecule has 0 fully saturated rings. The number of halogens is 7. The summed E-state index contributed by atoms with van der Waals surface area (Å²) in [7, 11) is -2.37. The Morgan fingerprint density at radius 3 is 1.35 bits per heavy atom. The van der Waals surface area contributed by atoms with Crippen LogP contribution in [0.1, 0.15) is 40.7 Å². The van der Waals surface area contributed by atoms with Crippen LogP contribution in [0, 0.1) is 13.8 Å². The Balaban J connectivity index is 0.000000149. The van der Waals surface area contributed by atoms with Crippen molar-refractivity contribution in [3.05, 3.63) is 186 Å². The Labute approximate surface area is 607 Å². The molecule has 105 heavy (non-hydrogen) atoms. The maximum absolute atomic E-state index is 13.9. The van der Waals surface area contributed by atoms with Crippen LogP contribution in [0.5, 0.6) is 23.1 Å². The van der Waals surface area contributed by atoms with E-state index in [0.29, 0.717) is 50.8 Å². The molecule has 6 aromatic heterocycles. The lowest BCUT2D eigenvalue weighted by molar-refractivity contribution is -0.115. The van der Waals surface area contributed by atoms with Gasteiger partial charge in [-0.05, 0) is 147 Å². The van der Waals surface area contributed by atoms with Gasteiger partial charge in [-0.15, -0.1) is 0 Å². The molecule has 33 heteroatoms. The number of nitrogens with one attached hydrogen (secondary N) is 2. The predicted molar refractivity (Wildman–Crippen MR) is 381 cm³/mol. The highest BCUT2D eigenvalue weighted by Crippen LogP contribution is 2.42. The SMILES string of the molecule is [2H]C([2H])([2H])Oc1ccc(N2C(=O)N(c3ccc4nc(C)n(C)c4c3)Cc3ccc(OCC(F)F)nc32)cc1.[2H]C([2H])([2H])Oc1ccc(N2C(=O)N(c3ccc4nc(C)n(C)c4c3)Cc3cnc(NCC(F)(F)F)nc32)cc1.[2H]C([2H])([2H])Oc1ccc(N2C(=O)N(c3ccc4nn(C)cc4c3)Cc3cnc(NCC(F)F)nc32)cc1. The maximum atomic E-state index is 13.9. The molecular formula is C72H66F7N19O7. The normalized spacial score (nSPS) is 15.2. The number of pyridine rings is 1. The van der Waals surface area contributed by atoms with Gasteiger partial charge in [-0.3, -0.25) is 19.4 Å². The summed E-state index contributed by atoms with van der Waals surface area (Å²) in [4.78, 5) is 80.2. The highest BCUT2D eigenvalue weighted by atomic mass is 19.4. The molecule has 0 bridgehead atoms. The van der Waals surface area contributed by atoms with Gasteiger partial charge in [0.05, 0.1) is 104 Å². The first-order valence-electron chi connectivity index (χ1n) is 36.3. The second-order valence-electron chi connectivity index (χ2n) is 23.9. The largest absolute Gasteiger partial charge is 0.497 e. The van der Waals surface area contributed by atoms with Crippen LogP contribution in [-0.2, 0) is 40.8 Å². The van der Waals surface area contributed by atoms with Crippen molar-refractivity contribution in [3.63, 3.8) is 0 Å². The third-order valence-corrected chi connectivity index (χ3v) is 17.1. The van der Waals surface area contributed by atoms with E-state index in [-0.39, 0.29) is 72.1 Å². The Bertz CT molecular complexity index is 5610. The number of carbonyl (C=O) groups excluding carboxylic acids is 3. The minimum atomic E-state index is -4.49. The first kappa shape index (κ1) is 59.8. The number of alkyl halides is 7. The van der Waals surface area contributed by atoms with Crippen LogP contribution in [-0.4, -0.2) is 132 Å². The number of nitrogens with zero attached hydrogens (tertiary/aromatic N) is 17. The molecule has 3 aliphatic rings. The lowest BCUT2D eigenvalue weighted by Gasteiger charge is -2.36. The van der Waals surface area contributed by atoms with Crippen LogP contribution in [0.25, 0.3) is 33.0 Å². The van der Waals surface area contributed by atoms with Crippen LogP contribution < -0.4 is 59.0 Å². The van der Waals surface area contributed by atoms with Gasteiger partial charge in [-0.25, -0.2) is 66.6 Å². The maximum Gasteiger partial charge on any atom is 0.405 e. The summed E-state index contributed by atoms with van der Waals surface area (Å²) in [6, 6.07) is 35.5. The van der Waals surface area contributed by atoms with Gasteiger partial charge in [0.25, 0.3) is 12.9 Å². The molecule has 2 N–H and O–H groups in total. The fourth-order valence-corrected chi connectivity index (χ4v) is 11.8. The number of imidazole rings is 2. The van der Waals surface area contributed by atoms with Gasteiger partial charge in [0.15, 0.2) is 18.2 Å².